The zero-order valence-corrected chi connectivity index (χ0v) is 9.33. The number of halogens is 3. The number of aryl methyl sites for hydroxylation is 1. The first kappa shape index (κ1) is 11.6. The molecule has 1 aromatic rings. The fraction of sp³-hybridized carbons (Fsp3) is 0.455. The molecule has 0 spiro atoms. The molecule has 0 bridgehead atoms. The summed E-state index contributed by atoms with van der Waals surface area (Å²) >= 11 is -0.441. The molecule has 0 saturated heterocycles. The summed E-state index contributed by atoms with van der Waals surface area (Å²) in [6.45, 7) is 0. The van der Waals surface area contributed by atoms with E-state index in [9.17, 15) is 13.2 Å². The molecule has 88 valence electrons. The van der Waals surface area contributed by atoms with Crippen molar-refractivity contribution < 1.29 is 17.4 Å². The first-order valence-electron chi connectivity index (χ1n) is 5.09. The number of hydrogen-bond acceptors (Lipinski definition) is 2. The van der Waals surface area contributed by atoms with Crippen LogP contribution in [-0.2, 0) is 12.8 Å². The normalized spacial score (nSPS) is 15.7. The number of rotatable bonds is 2. The second kappa shape index (κ2) is 4.57. The summed E-state index contributed by atoms with van der Waals surface area (Å²) in [7, 11) is 0. The van der Waals surface area contributed by atoms with Gasteiger partial charge in [0.05, 0.1) is 0 Å². The average molecular weight is 248 g/mol. The van der Waals surface area contributed by atoms with Gasteiger partial charge in [0.1, 0.15) is 5.75 Å². The first-order chi connectivity index (χ1) is 7.56. The van der Waals surface area contributed by atoms with Gasteiger partial charge in [-0.2, -0.15) is 13.2 Å². The predicted molar refractivity (Wildman–Crippen MR) is 57.4 cm³/mol. The molecule has 1 aliphatic carbocycles. The SMILES string of the molecule is FC(F)(F)SOc1cccc2c1CCCC2. The summed E-state index contributed by atoms with van der Waals surface area (Å²) in [4.78, 5) is 0. The van der Waals surface area contributed by atoms with Crippen LogP contribution in [-0.4, -0.2) is 5.51 Å². The van der Waals surface area contributed by atoms with E-state index in [1.165, 1.54) is 0 Å². The lowest BCUT2D eigenvalue weighted by molar-refractivity contribution is -0.0369. The number of fused-ring (bicyclic) bond motifs is 1. The van der Waals surface area contributed by atoms with Gasteiger partial charge in [-0.05, 0) is 42.9 Å². The highest BCUT2D eigenvalue weighted by molar-refractivity contribution is 7.95. The summed E-state index contributed by atoms with van der Waals surface area (Å²) in [5.74, 6) is 0.361. The van der Waals surface area contributed by atoms with E-state index in [1.807, 2.05) is 6.07 Å². The van der Waals surface area contributed by atoms with Crippen LogP contribution in [0.15, 0.2) is 18.2 Å². The van der Waals surface area contributed by atoms with Crippen molar-refractivity contribution in [2.24, 2.45) is 0 Å². The highest BCUT2D eigenvalue weighted by Crippen LogP contribution is 2.36. The molecule has 0 amide bonds. The summed E-state index contributed by atoms with van der Waals surface area (Å²) in [6.07, 6.45) is 3.86. The Morgan fingerprint density at radius 3 is 2.62 bits per heavy atom. The van der Waals surface area contributed by atoms with Crippen molar-refractivity contribution >= 4 is 12.0 Å². The topological polar surface area (TPSA) is 9.23 Å². The van der Waals surface area contributed by atoms with Crippen molar-refractivity contribution in [2.45, 2.75) is 31.2 Å². The molecule has 1 nitrogen and oxygen atoms in total. The van der Waals surface area contributed by atoms with Gasteiger partial charge in [-0.15, -0.1) is 0 Å². The molecule has 0 aliphatic heterocycles. The standard InChI is InChI=1S/C11H11F3OS/c12-11(13,14)16-15-10-7-3-5-8-4-1-2-6-9(8)10/h3,5,7H,1-2,4,6H2. The van der Waals surface area contributed by atoms with Crippen LogP contribution in [0, 0.1) is 0 Å². The quantitative estimate of drug-likeness (QED) is 0.728. The van der Waals surface area contributed by atoms with E-state index in [1.54, 1.807) is 12.1 Å². The molecule has 1 aromatic carbocycles. The zero-order chi connectivity index (χ0) is 11.6. The van der Waals surface area contributed by atoms with Gasteiger partial charge in [-0.25, -0.2) is 0 Å². The predicted octanol–water partition coefficient (Wildman–Crippen LogP) is 4.11. The van der Waals surface area contributed by atoms with Crippen LogP contribution in [0.2, 0.25) is 0 Å². The Bertz CT molecular complexity index is 376. The Morgan fingerprint density at radius 2 is 1.88 bits per heavy atom. The molecule has 0 unspecified atom stereocenters. The fourth-order valence-corrected chi connectivity index (χ4v) is 2.26. The molecule has 0 heterocycles. The molecule has 0 fully saturated rings. The van der Waals surface area contributed by atoms with E-state index >= 15 is 0 Å². The molecule has 0 saturated carbocycles. The number of hydrogen-bond donors (Lipinski definition) is 0. The van der Waals surface area contributed by atoms with Crippen molar-refractivity contribution in [3.63, 3.8) is 0 Å². The highest BCUT2D eigenvalue weighted by atomic mass is 32.2. The molecule has 0 radical (unpaired) electrons. The maximum atomic E-state index is 12.0. The van der Waals surface area contributed by atoms with E-state index in [0.717, 1.165) is 36.8 Å². The van der Waals surface area contributed by atoms with Gasteiger partial charge in [0.25, 0.3) is 0 Å². The van der Waals surface area contributed by atoms with Crippen LogP contribution < -0.4 is 4.18 Å². The van der Waals surface area contributed by atoms with Crippen molar-refractivity contribution in [3.8, 4) is 5.75 Å². The van der Waals surface area contributed by atoms with Crippen molar-refractivity contribution in [1.82, 2.24) is 0 Å². The third-order valence-corrected chi connectivity index (χ3v) is 3.03. The van der Waals surface area contributed by atoms with Gasteiger partial charge >= 0.3 is 5.51 Å². The van der Waals surface area contributed by atoms with Gasteiger partial charge in [0.2, 0.25) is 0 Å². The van der Waals surface area contributed by atoms with Gasteiger partial charge < -0.3 is 4.18 Å². The van der Waals surface area contributed by atoms with Gasteiger partial charge in [-0.1, -0.05) is 12.1 Å². The Labute approximate surface area is 96.2 Å². The highest BCUT2D eigenvalue weighted by Gasteiger charge is 2.32. The van der Waals surface area contributed by atoms with Crippen LogP contribution in [0.3, 0.4) is 0 Å². The third kappa shape index (κ3) is 2.84. The van der Waals surface area contributed by atoms with Gasteiger partial charge in [-0.3, -0.25) is 0 Å². The van der Waals surface area contributed by atoms with E-state index in [-0.39, 0.29) is 0 Å². The van der Waals surface area contributed by atoms with E-state index in [4.69, 9.17) is 4.18 Å². The lowest BCUT2D eigenvalue weighted by atomic mass is 9.91. The van der Waals surface area contributed by atoms with E-state index < -0.39 is 17.6 Å². The minimum absolute atomic E-state index is 0.361. The Hall–Kier alpha value is -0.840. The van der Waals surface area contributed by atoms with Gasteiger partial charge in [0.15, 0.2) is 12.0 Å². The van der Waals surface area contributed by atoms with Crippen LogP contribution in [0.1, 0.15) is 24.0 Å². The van der Waals surface area contributed by atoms with Crippen LogP contribution >= 0.6 is 12.0 Å². The molecule has 0 aromatic heterocycles. The lowest BCUT2D eigenvalue weighted by Gasteiger charge is -2.18. The van der Waals surface area contributed by atoms with Crippen molar-refractivity contribution in [1.29, 1.82) is 0 Å². The van der Waals surface area contributed by atoms with Gasteiger partial charge in [0, 0.05) is 0 Å². The monoisotopic (exact) mass is 248 g/mol. The first-order valence-corrected chi connectivity index (χ1v) is 5.83. The second-order valence-electron chi connectivity index (χ2n) is 3.71. The Morgan fingerprint density at radius 1 is 1.12 bits per heavy atom. The molecule has 5 heteroatoms. The summed E-state index contributed by atoms with van der Waals surface area (Å²) in [5, 5.41) is 0. The second-order valence-corrected chi connectivity index (χ2v) is 4.51. The third-order valence-electron chi connectivity index (χ3n) is 2.58. The minimum Gasteiger partial charge on any atom is -0.417 e. The summed E-state index contributed by atoms with van der Waals surface area (Å²) in [6, 6.07) is 5.30. The van der Waals surface area contributed by atoms with E-state index in [0.29, 0.717) is 5.75 Å². The molecule has 16 heavy (non-hydrogen) atoms. The van der Waals surface area contributed by atoms with Crippen molar-refractivity contribution in [3.05, 3.63) is 29.3 Å². The number of benzene rings is 1. The van der Waals surface area contributed by atoms with E-state index in [2.05, 4.69) is 0 Å². The molecule has 2 rings (SSSR count). The van der Waals surface area contributed by atoms with Crippen LogP contribution in [0.25, 0.3) is 0 Å². The molecular weight excluding hydrogens is 237 g/mol. The maximum absolute atomic E-state index is 12.0. The zero-order valence-electron chi connectivity index (χ0n) is 8.51. The number of alkyl halides is 3. The average Bonchev–Trinajstić information content (AvgIpc) is 2.25. The largest absolute Gasteiger partial charge is 0.479 e. The maximum Gasteiger partial charge on any atom is 0.479 e. The molecule has 1 aliphatic rings. The molecular formula is C11H11F3OS. The van der Waals surface area contributed by atoms with Crippen LogP contribution in [0.4, 0.5) is 13.2 Å². The molecule has 0 atom stereocenters. The van der Waals surface area contributed by atoms with Crippen LogP contribution in [0.5, 0.6) is 5.75 Å². The minimum atomic E-state index is -4.35. The van der Waals surface area contributed by atoms with Crippen molar-refractivity contribution in [2.75, 3.05) is 0 Å². The Balaban J connectivity index is 2.15. The molecule has 0 N–H and O–H groups in total. The smallest absolute Gasteiger partial charge is 0.417 e. The fourth-order valence-electron chi connectivity index (χ4n) is 1.92. The lowest BCUT2D eigenvalue weighted by Crippen LogP contribution is -2.07. The summed E-state index contributed by atoms with van der Waals surface area (Å²) in [5.41, 5.74) is -2.30. The summed E-state index contributed by atoms with van der Waals surface area (Å²) < 4.78 is 40.8. The Kier molecular flexibility index (Phi) is 3.33.